The van der Waals surface area contributed by atoms with Gasteiger partial charge < -0.3 is 15.4 Å². The molecule has 0 fully saturated rings. The number of rotatable bonds is 7. The van der Waals surface area contributed by atoms with Gasteiger partial charge in [0.25, 0.3) is 11.8 Å². The van der Waals surface area contributed by atoms with E-state index in [4.69, 9.17) is 4.74 Å². The number of benzene rings is 2. The Morgan fingerprint density at radius 2 is 1.80 bits per heavy atom. The molecule has 1 aliphatic rings. The first-order chi connectivity index (χ1) is 14.4. The van der Waals surface area contributed by atoms with Gasteiger partial charge in [0.1, 0.15) is 5.75 Å². The van der Waals surface area contributed by atoms with Crippen LogP contribution in [0.5, 0.6) is 5.75 Å². The lowest BCUT2D eigenvalue weighted by Crippen LogP contribution is -2.49. The summed E-state index contributed by atoms with van der Waals surface area (Å²) in [6, 6.07) is 13.3. The van der Waals surface area contributed by atoms with Gasteiger partial charge in [-0.05, 0) is 37.6 Å². The molecule has 2 aromatic rings. The van der Waals surface area contributed by atoms with E-state index in [2.05, 4.69) is 10.6 Å². The molecule has 8 nitrogen and oxygen atoms in total. The Bertz CT molecular complexity index is 1040. The van der Waals surface area contributed by atoms with Crippen molar-refractivity contribution in [2.45, 2.75) is 26.4 Å². The summed E-state index contributed by atoms with van der Waals surface area (Å²) in [5.74, 6) is -0.611. The zero-order valence-corrected chi connectivity index (χ0v) is 17.7. The molecular formula is C21H25N3O5S. The highest BCUT2D eigenvalue weighted by atomic mass is 32.2. The van der Waals surface area contributed by atoms with E-state index in [1.165, 1.54) is 4.31 Å². The molecule has 1 heterocycles. The van der Waals surface area contributed by atoms with E-state index in [1.54, 1.807) is 55.5 Å². The fraction of sp³-hybridized carbons (Fsp3) is 0.333. The van der Waals surface area contributed by atoms with Crippen LogP contribution in [-0.4, -0.2) is 45.2 Å². The van der Waals surface area contributed by atoms with Crippen molar-refractivity contribution in [2.75, 3.05) is 28.5 Å². The first kappa shape index (κ1) is 21.6. The lowest BCUT2D eigenvalue weighted by molar-refractivity contribution is -0.122. The number of ether oxygens (including phenoxy) is 1. The van der Waals surface area contributed by atoms with Gasteiger partial charge in [-0.1, -0.05) is 31.2 Å². The number of hydrogen-bond donors (Lipinski definition) is 2. The molecule has 1 aliphatic heterocycles. The highest BCUT2D eigenvalue weighted by Gasteiger charge is 2.36. The number of anilines is 2. The van der Waals surface area contributed by atoms with Gasteiger partial charge in [-0.15, -0.1) is 0 Å². The molecule has 2 aromatic carbocycles. The summed E-state index contributed by atoms with van der Waals surface area (Å²) in [7, 11) is -3.60. The summed E-state index contributed by atoms with van der Waals surface area (Å²) in [5.41, 5.74) is 1.07. The van der Waals surface area contributed by atoms with Crippen LogP contribution in [0.2, 0.25) is 0 Å². The minimum absolute atomic E-state index is 0.101. The molecule has 0 saturated carbocycles. The van der Waals surface area contributed by atoms with E-state index in [0.717, 1.165) is 6.42 Å². The Kier molecular flexibility index (Phi) is 6.61. The number of nitrogens with zero attached hydrogens (tertiary/aromatic N) is 1. The molecule has 0 radical (unpaired) electrons. The van der Waals surface area contributed by atoms with E-state index in [-0.39, 0.29) is 18.2 Å². The summed E-state index contributed by atoms with van der Waals surface area (Å²) < 4.78 is 32.1. The summed E-state index contributed by atoms with van der Waals surface area (Å²) >= 11 is 0. The molecule has 0 bridgehead atoms. The third kappa shape index (κ3) is 4.56. The molecule has 9 heteroatoms. The predicted molar refractivity (Wildman–Crippen MR) is 115 cm³/mol. The topological polar surface area (TPSA) is 105 Å². The van der Waals surface area contributed by atoms with Gasteiger partial charge in [0.2, 0.25) is 10.0 Å². The number of nitrogens with one attached hydrogen (secondary N) is 2. The van der Waals surface area contributed by atoms with E-state index < -0.39 is 22.0 Å². The quantitative estimate of drug-likeness (QED) is 0.700. The van der Waals surface area contributed by atoms with E-state index in [0.29, 0.717) is 29.2 Å². The second-order valence-corrected chi connectivity index (χ2v) is 8.98. The van der Waals surface area contributed by atoms with Gasteiger partial charge in [-0.3, -0.25) is 13.9 Å². The lowest BCUT2D eigenvalue weighted by atomic mass is 10.1. The molecule has 2 N–H and O–H groups in total. The Hall–Kier alpha value is -3.07. The summed E-state index contributed by atoms with van der Waals surface area (Å²) in [6.07, 6.45) is -0.273. The zero-order valence-electron chi connectivity index (χ0n) is 16.9. The van der Waals surface area contributed by atoms with Crippen molar-refractivity contribution >= 4 is 33.2 Å². The van der Waals surface area contributed by atoms with Crippen LogP contribution in [0.1, 0.15) is 30.6 Å². The van der Waals surface area contributed by atoms with Gasteiger partial charge in [0.15, 0.2) is 6.10 Å². The van der Waals surface area contributed by atoms with Gasteiger partial charge in [-0.2, -0.15) is 0 Å². The van der Waals surface area contributed by atoms with Gasteiger partial charge >= 0.3 is 0 Å². The van der Waals surface area contributed by atoms with Crippen LogP contribution in [-0.2, 0) is 14.8 Å². The van der Waals surface area contributed by atoms with Crippen molar-refractivity contribution in [3.63, 3.8) is 0 Å². The summed E-state index contributed by atoms with van der Waals surface area (Å²) in [5, 5.41) is 5.49. The Morgan fingerprint density at radius 1 is 1.10 bits per heavy atom. The molecule has 0 aliphatic carbocycles. The van der Waals surface area contributed by atoms with Crippen molar-refractivity contribution < 1.29 is 22.7 Å². The molecule has 0 unspecified atom stereocenters. The molecule has 2 amide bonds. The number of hydrogen-bond acceptors (Lipinski definition) is 5. The molecular weight excluding hydrogens is 406 g/mol. The molecule has 0 saturated heterocycles. The normalized spacial score (nSPS) is 15.7. The minimum atomic E-state index is -3.60. The summed E-state index contributed by atoms with van der Waals surface area (Å²) in [6.45, 7) is 3.87. The second-order valence-electron chi connectivity index (χ2n) is 6.80. The average molecular weight is 432 g/mol. The van der Waals surface area contributed by atoms with Crippen LogP contribution in [0.15, 0.2) is 48.5 Å². The van der Waals surface area contributed by atoms with Crippen molar-refractivity contribution in [1.29, 1.82) is 0 Å². The van der Waals surface area contributed by atoms with Gasteiger partial charge in [0, 0.05) is 6.54 Å². The van der Waals surface area contributed by atoms with Gasteiger partial charge in [-0.25, -0.2) is 8.42 Å². The van der Waals surface area contributed by atoms with Crippen molar-refractivity contribution in [2.24, 2.45) is 0 Å². The van der Waals surface area contributed by atoms with Crippen molar-refractivity contribution in [1.82, 2.24) is 5.32 Å². The van der Waals surface area contributed by atoms with Crippen LogP contribution in [0.25, 0.3) is 0 Å². The Labute approximate surface area is 176 Å². The van der Waals surface area contributed by atoms with Crippen molar-refractivity contribution in [3.05, 3.63) is 54.1 Å². The molecule has 0 spiro atoms. The number of carbonyl (C=O) groups excluding carboxylic acids is 2. The molecule has 3 rings (SSSR count). The number of carbonyl (C=O) groups is 2. The fourth-order valence-corrected chi connectivity index (χ4v) is 4.22. The maximum absolute atomic E-state index is 12.9. The first-order valence-corrected chi connectivity index (χ1v) is 11.4. The molecule has 30 heavy (non-hydrogen) atoms. The van der Waals surface area contributed by atoms with Crippen LogP contribution in [0, 0.1) is 0 Å². The first-order valence-electron chi connectivity index (χ1n) is 9.81. The lowest BCUT2D eigenvalue weighted by Gasteiger charge is -2.34. The highest BCUT2D eigenvalue weighted by molar-refractivity contribution is 7.92. The SMILES string of the molecule is CCCNC(=O)c1ccccc1NC(=O)[C@@H]1CN(S(=O)(=O)CC)c2ccccc2O1. The van der Waals surface area contributed by atoms with E-state index in [1.807, 2.05) is 6.92 Å². The largest absolute Gasteiger partial charge is 0.476 e. The van der Waals surface area contributed by atoms with E-state index >= 15 is 0 Å². The number of amides is 2. The van der Waals surface area contributed by atoms with Crippen LogP contribution in [0.3, 0.4) is 0 Å². The van der Waals surface area contributed by atoms with Crippen LogP contribution < -0.4 is 19.7 Å². The fourth-order valence-electron chi connectivity index (χ4n) is 3.10. The number of fused-ring (bicyclic) bond motifs is 1. The van der Waals surface area contributed by atoms with Crippen molar-refractivity contribution in [3.8, 4) is 5.75 Å². The predicted octanol–water partition coefficient (Wildman–Crippen LogP) is 2.38. The molecule has 0 aromatic heterocycles. The molecule has 160 valence electrons. The molecule has 1 atom stereocenters. The monoisotopic (exact) mass is 431 g/mol. The van der Waals surface area contributed by atoms with Crippen LogP contribution >= 0.6 is 0 Å². The Morgan fingerprint density at radius 3 is 2.53 bits per heavy atom. The Balaban J connectivity index is 1.84. The standard InChI is InChI=1S/C21H25N3O5S/c1-3-13-22-20(25)15-9-5-6-10-16(15)23-21(26)19-14-24(30(27,28)4-2)17-11-7-8-12-18(17)29-19/h5-12,19H,3-4,13-14H2,1-2H3,(H,22,25)(H,23,26)/t19-/m0/s1. The average Bonchev–Trinajstić information content (AvgIpc) is 2.76. The minimum Gasteiger partial charge on any atom is -0.476 e. The maximum Gasteiger partial charge on any atom is 0.267 e. The highest BCUT2D eigenvalue weighted by Crippen LogP contribution is 2.35. The third-order valence-corrected chi connectivity index (χ3v) is 6.44. The third-order valence-electron chi connectivity index (χ3n) is 4.69. The number of para-hydroxylation sites is 3. The van der Waals surface area contributed by atoms with E-state index in [9.17, 15) is 18.0 Å². The zero-order chi connectivity index (χ0) is 21.7. The van der Waals surface area contributed by atoms with Gasteiger partial charge in [0.05, 0.1) is 29.2 Å². The summed E-state index contributed by atoms with van der Waals surface area (Å²) in [4.78, 5) is 25.3. The number of sulfonamides is 1. The smallest absolute Gasteiger partial charge is 0.267 e. The second kappa shape index (κ2) is 9.17. The van der Waals surface area contributed by atoms with Crippen LogP contribution in [0.4, 0.5) is 11.4 Å². The maximum atomic E-state index is 12.9.